The minimum atomic E-state index is -5.59. The van der Waals surface area contributed by atoms with Gasteiger partial charge in [-0.05, 0) is 45.3 Å². The van der Waals surface area contributed by atoms with Gasteiger partial charge in [-0.2, -0.15) is 26.7 Å². The SMILES string of the molecule is CC1COC(CN(C)C)CN1c1ccc2nc(-c3[nH]nc4c(NS(=O)(=O)C(F)(F)F)cccc34)[nH]c2c1. The molecule has 1 aliphatic rings. The van der Waals surface area contributed by atoms with Crippen molar-refractivity contribution in [3.05, 3.63) is 36.4 Å². The number of nitrogens with one attached hydrogen (secondary N) is 3. The molecular weight excluding hydrogens is 511 g/mol. The summed E-state index contributed by atoms with van der Waals surface area (Å²) in [5.74, 6) is 0.422. The number of ether oxygens (including phenoxy) is 1. The number of aromatic nitrogens is 4. The maximum absolute atomic E-state index is 12.9. The Bertz CT molecular complexity index is 1550. The normalized spacial score (nSPS) is 19.3. The molecule has 3 heterocycles. The predicted molar refractivity (Wildman–Crippen MR) is 135 cm³/mol. The van der Waals surface area contributed by atoms with Crippen LogP contribution in [-0.4, -0.2) is 84.9 Å². The Morgan fingerprint density at radius 2 is 2.03 bits per heavy atom. The first-order valence-corrected chi connectivity index (χ1v) is 13.0. The second-order valence-electron chi connectivity index (χ2n) is 9.36. The maximum Gasteiger partial charge on any atom is 0.516 e. The van der Waals surface area contributed by atoms with Crippen LogP contribution < -0.4 is 9.62 Å². The molecule has 0 radical (unpaired) electrons. The van der Waals surface area contributed by atoms with Crippen LogP contribution in [0.25, 0.3) is 33.5 Å². The summed E-state index contributed by atoms with van der Waals surface area (Å²) < 4.78 is 69.4. The van der Waals surface area contributed by atoms with E-state index >= 15 is 0 Å². The number of sulfonamides is 1. The molecule has 2 aromatic heterocycles. The summed E-state index contributed by atoms with van der Waals surface area (Å²) >= 11 is 0. The van der Waals surface area contributed by atoms with E-state index in [0.717, 1.165) is 24.3 Å². The molecule has 0 spiro atoms. The standard InChI is InChI=1S/C23H26F3N7O3S/c1-13-12-36-15(10-32(2)3)11-33(13)14-7-8-17-19(9-14)28-22(27-17)21-16-5-4-6-18(20(16)29-30-21)31-37(34,35)23(24,25)26/h4-9,13,15,31H,10-12H2,1-3H3,(H,27,28)(H,29,30). The lowest BCUT2D eigenvalue weighted by Crippen LogP contribution is -2.51. The summed E-state index contributed by atoms with van der Waals surface area (Å²) in [6.45, 7) is 4.28. The van der Waals surface area contributed by atoms with Gasteiger partial charge in [-0.25, -0.2) is 4.98 Å². The quantitative estimate of drug-likeness (QED) is 0.344. The van der Waals surface area contributed by atoms with Crippen molar-refractivity contribution >= 4 is 43.3 Å². The van der Waals surface area contributed by atoms with Crippen LogP contribution in [-0.2, 0) is 14.8 Å². The molecule has 0 aliphatic carbocycles. The van der Waals surface area contributed by atoms with E-state index in [1.54, 1.807) is 10.8 Å². The van der Waals surface area contributed by atoms with Crippen molar-refractivity contribution in [3.8, 4) is 11.5 Å². The van der Waals surface area contributed by atoms with Crippen molar-refractivity contribution in [2.24, 2.45) is 0 Å². The Labute approximate surface area is 210 Å². The Balaban J connectivity index is 1.47. The van der Waals surface area contributed by atoms with E-state index in [-0.39, 0.29) is 23.3 Å². The van der Waals surface area contributed by atoms with Gasteiger partial charge >= 0.3 is 15.5 Å². The highest BCUT2D eigenvalue weighted by Gasteiger charge is 2.46. The van der Waals surface area contributed by atoms with Gasteiger partial charge in [0.1, 0.15) is 11.2 Å². The number of fused-ring (bicyclic) bond motifs is 2. The molecule has 14 heteroatoms. The van der Waals surface area contributed by atoms with Gasteiger partial charge in [-0.15, -0.1) is 0 Å². The molecule has 2 atom stereocenters. The van der Waals surface area contributed by atoms with E-state index in [0.29, 0.717) is 29.0 Å². The van der Waals surface area contributed by atoms with Gasteiger partial charge in [-0.3, -0.25) is 9.82 Å². The summed E-state index contributed by atoms with van der Waals surface area (Å²) in [5, 5.41) is 7.24. The fraction of sp³-hybridized carbons (Fsp3) is 0.391. The molecule has 1 fully saturated rings. The van der Waals surface area contributed by atoms with Crippen molar-refractivity contribution in [1.29, 1.82) is 0 Å². The Morgan fingerprint density at radius 1 is 1.24 bits per heavy atom. The Hall–Kier alpha value is -3.36. The molecule has 4 aromatic rings. The van der Waals surface area contributed by atoms with Crippen LogP contribution in [0.1, 0.15) is 6.92 Å². The number of likely N-dealkylation sites (N-methyl/N-ethyl adjacent to an activating group) is 1. The molecule has 37 heavy (non-hydrogen) atoms. The number of aromatic amines is 2. The fourth-order valence-corrected chi connectivity index (χ4v) is 5.06. The number of hydrogen-bond acceptors (Lipinski definition) is 7. The van der Waals surface area contributed by atoms with Gasteiger partial charge < -0.3 is 19.5 Å². The van der Waals surface area contributed by atoms with E-state index in [1.165, 1.54) is 12.1 Å². The smallest absolute Gasteiger partial charge is 0.373 e. The van der Waals surface area contributed by atoms with Gasteiger partial charge in [0, 0.05) is 30.2 Å². The molecule has 2 unspecified atom stereocenters. The first-order chi connectivity index (χ1) is 17.4. The third-order valence-corrected chi connectivity index (χ3v) is 7.34. The highest BCUT2D eigenvalue weighted by atomic mass is 32.2. The Morgan fingerprint density at radius 3 is 2.76 bits per heavy atom. The number of nitrogens with zero attached hydrogens (tertiary/aromatic N) is 4. The molecular formula is C23H26F3N7O3S. The summed E-state index contributed by atoms with van der Waals surface area (Å²) in [6.07, 6.45) is 0.0829. The topological polar surface area (TPSA) is 119 Å². The second-order valence-corrected chi connectivity index (χ2v) is 11.0. The zero-order valence-corrected chi connectivity index (χ0v) is 21.1. The van der Waals surface area contributed by atoms with Crippen molar-refractivity contribution in [2.75, 3.05) is 43.4 Å². The fourth-order valence-electron chi connectivity index (χ4n) is 4.49. The molecule has 198 valence electrons. The van der Waals surface area contributed by atoms with Crippen LogP contribution in [0, 0.1) is 0 Å². The van der Waals surface area contributed by atoms with Gasteiger partial charge in [0.05, 0.1) is 29.4 Å². The number of H-pyrrole nitrogens is 2. The zero-order valence-electron chi connectivity index (χ0n) is 20.3. The van der Waals surface area contributed by atoms with Crippen molar-refractivity contribution < 1.29 is 26.3 Å². The molecule has 10 nitrogen and oxygen atoms in total. The van der Waals surface area contributed by atoms with Gasteiger partial charge in [0.2, 0.25) is 0 Å². The highest BCUT2D eigenvalue weighted by molar-refractivity contribution is 7.93. The van der Waals surface area contributed by atoms with Crippen LogP contribution in [0.4, 0.5) is 24.5 Å². The minimum absolute atomic E-state index is 0.0422. The second kappa shape index (κ2) is 9.19. The largest absolute Gasteiger partial charge is 0.516 e. The molecule has 0 amide bonds. The first-order valence-electron chi connectivity index (χ1n) is 11.5. The summed E-state index contributed by atoms with van der Waals surface area (Å²) in [6, 6.07) is 10.4. The van der Waals surface area contributed by atoms with E-state index in [1.807, 2.05) is 32.3 Å². The van der Waals surface area contributed by atoms with Crippen LogP contribution in [0.15, 0.2) is 36.4 Å². The highest BCUT2D eigenvalue weighted by Crippen LogP contribution is 2.33. The third kappa shape index (κ3) is 4.83. The number of anilines is 2. The van der Waals surface area contributed by atoms with Crippen molar-refractivity contribution in [3.63, 3.8) is 0 Å². The molecule has 2 aromatic carbocycles. The average molecular weight is 538 g/mol. The van der Waals surface area contributed by atoms with Crippen LogP contribution in [0.3, 0.4) is 0 Å². The molecule has 0 bridgehead atoms. The molecule has 0 saturated carbocycles. The number of alkyl halides is 3. The maximum atomic E-state index is 12.9. The number of para-hydroxylation sites is 1. The molecule has 5 rings (SSSR count). The minimum Gasteiger partial charge on any atom is -0.373 e. The number of imidazole rings is 1. The monoisotopic (exact) mass is 537 g/mol. The number of halogens is 3. The van der Waals surface area contributed by atoms with E-state index in [9.17, 15) is 21.6 Å². The lowest BCUT2D eigenvalue weighted by atomic mass is 10.1. The van der Waals surface area contributed by atoms with Crippen molar-refractivity contribution in [2.45, 2.75) is 24.6 Å². The van der Waals surface area contributed by atoms with E-state index in [2.05, 4.69) is 36.9 Å². The molecule has 1 aliphatic heterocycles. The van der Waals surface area contributed by atoms with Gasteiger partial charge in [0.25, 0.3) is 0 Å². The third-order valence-electron chi connectivity index (χ3n) is 6.24. The molecule has 3 N–H and O–H groups in total. The molecule has 1 saturated heterocycles. The number of morpholine rings is 1. The lowest BCUT2D eigenvalue weighted by Gasteiger charge is -2.40. The lowest BCUT2D eigenvalue weighted by molar-refractivity contribution is -0.0429. The Kier molecular flexibility index (Phi) is 6.28. The van der Waals surface area contributed by atoms with E-state index in [4.69, 9.17) is 4.74 Å². The number of benzene rings is 2. The average Bonchev–Trinajstić information content (AvgIpc) is 3.43. The van der Waals surface area contributed by atoms with Gasteiger partial charge in [0.15, 0.2) is 5.82 Å². The summed E-state index contributed by atoms with van der Waals surface area (Å²) in [4.78, 5) is 12.3. The zero-order chi connectivity index (χ0) is 26.5. The first kappa shape index (κ1) is 25.3. The summed E-state index contributed by atoms with van der Waals surface area (Å²) in [5.41, 5.74) is -2.79. The van der Waals surface area contributed by atoms with Crippen molar-refractivity contribution in [1.82, 2.24) is 25.1 Å². The summed E-state index contributed by atoms with van der Waals surface area (Å²) in [7, 11) is -1.57. The number of rotatable bonds is 6. The van der Waals surface area contributed by atoms with Crippen LogP contribution in [0.5, 0.6) is 0 Å². The van der Waals surface area contributed by atoms with Crippen LogP contribution in [0.2, 0.25) is 0 Å². The predicted octanol–water partition coefficient (Wildman–Crippen LogP) is 3.52. The van der Waals surface area contributed by atoms with Gasteiger partial charge in [-0.1, -0.05) is 12.1 Å². The van der Waals surface area contributed by atoms with Crippen LogP contribution >= 0.6 is 0 Å². The van der Waals surface area contributed by atoms with E-state index < -0.39 is 15.5 Å². The number of hydrogen-bond donors (Lipinski definition) is 3.